The number of rotatable bonds is 4. The number of carboxylic acids is 1. The normalized spacial score (nSPS) is 15.6. The van der Waals surface area contributed by atoms with Crippen LogP contribution in [0, 0.1) is 0 Å². The molecule has 0 aromatic rings. The van der Waals surface area contributed by atoms with E-state index in [0.29, 0.717) is 0 Å². The van der Waals surface area contributed by atoms with E-state index in [0.717, 1.165) is 0 Å². The van der Waals surface area contributed by atoms with Gasteiger partial charge in [-0.05, 0) is 0 Å². The van der Waals surface area contributed by atoms with Gasteiger partial charge in [-0.1, -0.05) is 0 Å². The van der Waals surface area contributed by atoms with Gasteiger partial charge in [-0.3, -0.25) is 0 Å². The Morgan fingerprint density at radius 1 is 1.24 bits per heavy atom. The predicted octanol–water partition coefficient (Wildman–Crippen LogP) is 1.45. The molecule has 0 bridgehead atoms. The second-order valence-electron chi connectivity index (χ2n) is 2.71. The van der Waals surface area contributed by atoms with Gasteiger partial charge in [0, 0.05) is 5.57 Å². The highest BCUT2D eigenvalue weighted by molar-refractivity contribution is 5.85. The first kappa shape index (κ1) is 15.5. The molecule has 3 nitrogen and oxygen atoms in total. The van der Waals surface area contributed by atoms with E-state index in [1.54, 1.807) is 0 Å². The summed E-state index contributed by atoms with van der Waals surface area (Å²) in [6, 6.07) is 0. The molecular weight excluding hydrogens is 265 g/mol. The lowest BCUT2D eigenvalue weighted by Gasteiger charge is -2.15. The van der Waals surface area contributed by atoms with E-state index in [-0.39, 0.29) is 0 Å². The van der Waals surface area contributed by atoms with Crippen LogP contribution in [0.25, 0.3) is 0 Å². The van der Waals surface area contributed by atoms with Crippen LogP contribution < -0.4 is 5.11 Å². The van der Waals surface area contributed by atoms with E-state index in [1.165, 1.54) is 0 Å². The van der Waals surface area contributed by atoms with Crippen molar-refractivity contribution in [3.05, 3.63) is 11.8 Å². The van der Waals surface area contributed by atoms with E-state index in [2.05, 4.69) is 4.74 Å². The van der Waals surface area contributed by atoms with Gasteiger partial charge in [0.15, 0.2) is 0 Å². The molecule has 1 unspecified atom stereocenters. The molecule has 0 amide bonds. The maximum Gasteiger partial charge on any atom is 0.572 e. The molecule has 0 N–H and O–H groups in total. The standard InChI is InChI=1S/C7H5F7O3/c8-4(1-6(9,10)11)3(5(15)16)2-17-7(12,13)14/h2,4H,1H2,(H,15,16)/p-1. The molecule has 17 heavy (non-hydrogen) atoms. The van der Waals surface area contributed by atoms with E-state index in [4.69, 9.17) is 0 Å². The summed E-state index contributed by atoms with van der Waals surface area (Å²) in [6.07, 6.45) is -16.5. The molecule has 1 atom stereocenters. The van der Waals surface area contributed by atoms with Crippen molar-refractivity contribution in [2.45, 2.75) is 25.1 Å². The number of halogens is 7. The average molecular weight is 269 g/mol. The van der Waals surface area contributed by atoms with Gasteiger partial charge in [-0.2, -0.15) is 13.2 Å². The zero-order valence-electron chi connectivity index (χ0n) is 7.73. The number of carbonyl (C=O) groups excluding carboxylic acids is 1. The van der Waals surface area contributed by atoms with Crippen LogP contribution in [0.15, 0.2) is 11.8 Å². The second-order valence-corrected chi connectivity index (χ2v) is 2.71. The summed E-state index contributed by atoms with van der Waals surface area (Å²) in [5.74, 6) is -2.52. The number of carboxylic acid groups (broad SMARTS) is 1. The molecule has 0 saturated carbocycles. The van der Waals surface area contributed by atoms with Crippen LogP contribution in [0.1, 0.15) is 6.42 Å². The fourth-order valence-corrected chi connectivity index (χ4v) is 0.693. The SMILES string of the molecule is O=C([O-])C(=COC(F)(F)F)C(F)CC(F)(F)F. The molecule has 0 aromatic heterocycles. The lowest BCUT2D eigenvalue weighted by atomic mass is 10.1. The largest absolute Gasteiger partial charge is 0.572 e. The zero-order chi connectivity index (χ0) is 13.9. The van der Waals surface area contributed by atoms with Gasteiger partial charge in [0.2, 0.25) is 0 Å². The Bertz CT molecular complexity index is 304. The summed E-state index contributed by atoms with van der Waals surface area (Å²) in [4.78, 5) is 10.1. The van der Waals surface area contributed by atoms with Gasteiger partial charge in [-0.15, -0.1) is 13.2 Å². The van der Waals surface area contributed by atoms with Crippen molar-refractivity contribution < 1.29 is 45.4 Å². The van der Waals surface area contributed by atoms with E-state index in [9.17, 15) is 40.6 Å². The first-order valence-corrected chi connectivity index (χ1v) is 3.79. The molecule has 0 aliphatic heterocycles. The minimum absolute atomic E-state index is 0.661. The van der Waals surface area contributed by atoms with Crippen LogP contribution in [0.5, 0.6) is 0 Å². The monoisotopic (exact) mass is 269 g/mol. The lowest BCUT2D eigenvalue weighted by molar-refractivity contribution is -0.305. The summed E-state index contributed by atoms with van der Waals surface area (Å²) in [5, 5.41) is 10.1. The average Bonchev–Trinajstić information content (AvgIpc) is 1.96. The number of ether oxygens (including phenoxy) is 1. The Kier molecular flexibility index (Phi) is 4.78. The molecule has 0 fully saturated rings. The van der Waals surface area contributed by atoms with Crippen molar-refractivity contribution in [1.29, 1.82) is 0 Å². The maximum absolute atomic E-state index is 12.7. The predicted molar refractivity (Wildman–Crippen MR) is 35.8 cm³/mol. The van der Waals surface area contributed by atoms with Crippen molar-refractivity contribution in [2.24, 2.45) is 0 Å². The quantitative estimate of drug-likeness (QED) is 0.441. The topological polar surface area (TPSA) is 49.4 Å². The Hall–Kier alpha value is -1.48. The molecule has 10 heteroatoms. The van der Waals surface area contributed by atoms with Crippen molar-refractivity contribution >= 4 is 5.97 Å². The van der Waals surface area contributed by atoms with Crippen LogP contribution in [-0.2, 0) is 9.53 Å². The van der Waals surface area contributed by atoms with E-state index in [1.807, 2.05) is 0 Å². The molecule has 0 heterocycles. The third-order valence-corrected chi connectivity index (χ3v) is 1.30. The van der Waals surface area contributed by atoms with Crippen LogP contribution in [0.4, 0.5) is 30.7 Å². The Balaban J connectivity index is 4.81. The third-order valence-electron chi connectivity index (χ3n) is 1.30. The fourth-order valence-electron chi connectivity index (χ4n) is 0.693. The van der Waals surface area contributed by atoms with Crippen LogP contribution in [0.3, 0.4) is 0 Å². The van der Waals surface area contributed by atoms with Gasteiger partial charge in [0.1, 0.15) is 12.4 Å². The molecular formula is C7H4F7O3-. The highest BCUT2D eigenvalue weighted by atomic mass is 19.4. The van der Waals surface area contributed by atoms with E-state index < -0.39 is 42.9 Å². The van der Waals surface area contributed by atoms with Crippen molar-refractivity contribution in [2.75, 3.05) is 0 Å². The molecule has 0 aliphatic carbocycles. The number of aliphatic carboxylic acids is 1. The molecule has 0 aromatic carbocycles. The van der Waals surface area contributed by atoms with Gasteiger partial charge >= 0.3 is 12.5 Å². The lowest BCUT2D eigenvalue weighted by Crippen LogP contribution is -2.32. The summed E-state index contributed by atoms with van der Waals surface area (Å²) in [6.45, 7) is 0. The number of hydrogen-bond acceptors (Lipinski definition) is 3. The molecule has 0 rings (SSSR count). The first-order chi connectivity index (χ1) is 7.42. The Morgan fingerprint density at radius 3 is 2.00 bits per heavy atom. The van der Waals surface area contributed by atoms with Crippen LogP contribution in [-0.4, -0.2) is 24.7 Å². The summed E-state index contributed by atoms with van der Waals surface area (Å²) < 4.78 is 84.9. The smallest absolute Gasteiger partial charge is 0.545 e. The number of hydrogen-bond donors (Lipinski definition) is 0. The number of alkyl halides is 7. The zero-order valence-corrected chi connectivity index (χ0v) is 7.73. The van der Waals surface area contributed by atoms with Crippen molar-refractivity contribution in [3.63, 3.8) is 0 Å². The summed E-state index contributed by atoms with van der Waals surface area (Å²) in [7, 11) is 0. The van der Waals surface area contributed by atoms with Gasteiger partial charge in [-0.25, -0.2) is 4.39 Å². The van der Waals surface area contributed by atoms with Gasteiger partial charge in [0.25, 0.3) is 0 Å². The highest BCUT2D eigenvalue weighted by Crippen LogP contribution is 2.27. The van der Waals surface area contributed by atoms with Gasteiger partial charge < -0.3 is 14.6 Å². The minimum atomic E-state index is -5.33. The number of carbonyl (C=O) groups is 1. The Labute approximate surface area is 89.5 Å². The second kappa shape index (κ2) is 5.23. The molecule has 100 valence electrons. The molecule has 0 aliphatic rings. The summed E-state index contributed by atoms with van der Waals surface area (Å²) >= 11 is 0. The van der Waals surface area contributed by atoms with Crippen LogP contribution in [0.2, 0.25) is 0 Å². The molecule has 0 saturated heterocycles. The Morgan fingerprint density at radius 2 is 1.71 bits per heavy atom. The van der Waals surface area contributed by atoms with E-state index >= 15 is 0 Å². The molecule has 0 spiro atoms. The summed E-state index contributed by atoms with van der Waals surface area (Å²) in [5.41, 5.74) is -1.88. The third kappa shape index (κ3) is 7.41. The van der Waals surface area contributed by atoms with Gasteiger partial charge in [0.05, 0.1) is 12.4 Å². The van der Waals surface area contributed by atoms with Crippen molar-refractivity contribution in [1.82, 2.24) is 0 Å². The highest BCUT2D eigenvalue weighted by Gasteiger charge is 2.35. The maximum atomic E-state index is 12.7. The first-order valence-electron chi connectivity index (χ1n) is 3.79. The fraction of sp³-hybridized carbons (Fsp3) is 0.571. The molecule has 0 radical (unpaired) electrons. The minimum Gasteiger partial charge on any atom is -0.545 e. The van der Waals surface area contributed by atoms with Crippen molar-refractivity contribution in [3.8, 4) is 0 Å². The van der Waals surface area contributed by atoms with Crippen LogP contribution >= 0.6 is 0 Å².